The smallest absolute Gasteiger partial charge is 0.248 e. The number of nitrogens with zero attached hydrogens (tertiary/aromatic N) is 1. The molecule has 1 saturated carbocycles. The van der Waals surface area contributed by atoms with Gasteiger partial charge in [0.15, 0.2) is 0 Å². The lowest BCUT2D eigenvalue weighted by Gasteiger charge is -2.31. The summed E-state index contributed by atoms with van der Waals surface area (Å²) in [5.74, 6) is -0.0410. The Morgan fingerprint density at radius 2 is 1.93 bits per heavy atom. The number of hydrogen-bond donors (Lipinski definition) is 2. The molecule has 2 aromatic rings. The number of aromatic amines is 1. The first-order valence-corrected chi connectivity index (χ1v) is 10.7. The molecule has 0 saturated heterocycles. The Hall–Kier alpha value is -2.19. The van der Waals surface area contributed by atoms with Gasteiger partial charge in [0.25, 0.3) is 0 Å². The van der Waals surface area contributed by atoms with Gasteiger partial charge >= 0.3 is 0 Å². The number of nitrogens with one attached hydrogen (secondary N) is 2. The Kier molecular flexibility index (Phi) is 5.96. The number of carbonyl (C=O) groups excluding carboxylic acids is 1. The van der Waals surface area contributed by atoms with Crippen LogP contribution in [0.2, 0.25) is 0 Å². The summed E-state index contributed by atoms with van der Waals surface area (Å²) in [5, 5.41) is 0.630. The van der Waals surface area contributed by atoms with Crippen molar-refractivity contribution in [3.05, 3.63) is 40.7 Å². The van der Waals surface area contributed by atoms with E-state index in [0.717, 1.165) is 25.7 Å². The number of hydrogen-bond acceptors (Lipinski definition) is 4. The monoisotopic (exact) mass is 391 g/mol. The number of fused-ring (bicyclic) bond motifs is 1. The van der Waals surface area contributed by atoms with Crippen LogP contribution in [-0.2, 0) is 14.8 Å². The second-order valence-electron chi connectivity index (χ2n) is 7.02. The summed E-state index contributed by atoms with van der Waals surface area (Å²) in [5.41, 5.74) is 0.336. The van der Waals surface area contributed by atoms with Crippen molar-refractivity contribution < 1.29 is 13.2 Å². The SMILES string of the molecule is CN(C(=O)CCNS(=O)(=O)c1ccc2[nH]c(=O)ccc2c1)C1CCCCC1. The van der Waals surface area contributed by atoms with Crippen molar-refractivity contribution in [1.82, 2.24) is 14.6 Å². The van der Waals surface area contributed by atoms with Gasteiger partial charge in [0.2, 0.25) is 21.5 Å². The molecule has 0 bridgehead atoms. The summed E-state index contributed by atoms with van der Waals surface area (Å²) < 4.78 is 27.5. The van der Waals surface area contributed by atoms with Crippen LogP contribution in [0.5, 0.6) is 0 Å². The molecule has 0 aliphatic heterocycles. The summed E-state index contributed by atoms with van der Waals surface area (Å²) in [6.45, 7) is 0.0574. The maximum atomic E-state index is 12.5. The fraction of sp³-hybridized carbons (Fsp3) is 0.474. The summed E-state index contributed by atoms with van der Waals surface area (Å²) in [6.07, 6.45) is 5.68. The molecule has 1 aromatic carbocycles. The van der Waals surface area contributed by atoms with Crippen LogP contribution in [0.3, 0.4) is 0 Å². The molecule has 3 rings (SSSR count). The molecule has 2 N–H and O–H groups in total. The van der Waals surface area contributed by atoms with Gasteiger partial charge in [-0.1, -0.05) is 19.3 Å². The Balaban J connectivity index is 1.60. The average Bonchev–Trinajstić information content (AvgIpc) is 2.67. The van der Waals surface area contributed by atoms with Crippen molar-refractivity contribution in [3.63, 3.8) is 0 Å². The lowest BCUT2D eigenvalue weighted by molar-refractivity contribution is -0.132. The van der Waals surface area contributed by atoms with Crippen LogP contribution < -0.4 is 10.3 Å². The topological polar surface area (TPSA) is 99.3 Å². The zero-order valence-corrected chi connectivity index (χ0v) is 16.2. The first-order valence-electron chi connectivity index (χ1n) is 9.25. The van der Waals surface area contributed by atoms with E-state index in [4.69, 9.17) is 0 Å². The van der Waals surface area contributed by atoms with E-state index in [1.54, 1.807) is 24.1 Å². The highest BCUT2D eigenvalue weighted by Crippen LogP contribution is 2.22. The minimum Gasteiger partial charge on any atom is -0.343 e. The highest BCUT2D eigenvalue weighted by Gasteiger charge is 2.22. The fourth-order valence-electron chi connectivity index (χ4n) is 3.52. The van der Waals surface area contributed by atoms with E-state index >= 15 is 0 Å². The number of benzene rings is 1. The molecule has 8 heteroatoms. The third kappa shape index (κ3) is 4.75. The molecule has 0 spiro atoms. The zero-order valence-electron chi connectivity index (χ0n) is 15.4. The minimum absolute atomic E-state index is 0.0410. The van der Waals surface area contributed by atoms with E-state index in [9.17, 15) is 18.0 Å². The van der Waals surface area contributed by atoms with Gasteiger partial charge in [0.05, 0.1) is 4.90 Å². The lowest BCUT2D eigenvalue weighted by Crippen LogP contribution is -2.39. The van der Waals surface area contributed by atoms with Gasteiger partial charge in [-0.3, -0.25) is 9.59 Å². The van der Waals surface area contributed by atoms with E-state index in [1.165, 1.54) is 24.6 Å². The molecule has 1 aromatic heterocycles. The van der Waals surface area contributed by atoms with Gasteiger partial charge < -0.3 is 9.88 Å². The van der Waals surface area contributed by atoms with Crippen LogP contribution in [0.4, 0.5) is 0 Å². The van der Waals surface area contributed by atoms with Gasteiger partial charge in [-0.15, -0.1) is 0 Å². The van der Waals surface area contributed by atoms with Crippen LogP contribution in [0.25, 0.3) is 10.9 Å². The van der Waals surface area contributed by atoms with Crippen LogP contribution in [0.1, 0.15) is 38.5 Å². The zero-order chi connectivity index (χ0) is 19.4. The molecule has 1 aliphatic carbocycles. The van der Waals surface area contributed by atoms with E-state index in [0.29, 0.717) is 10.9 Å². The number of amides is 1. The Bertz CT molecular complexity index is 978. The number of carbonyl (C=O) groups is 1. The van der Waals surface area contributed by atoms with E-state index in [2.05, 4.69) is 9.71 Å². The Labute approximate surface area is 158 Å². The van der Waals surface area contributed by atoms with Crippen molar-refractivity contribution in [3.8, 4) is 0 Å². The molecule has 0 radical (unpaired) electrons. The van der Waals surface area contributed by atoms with Gasteiger partial charge in [0, 0.05) is 37.6 Å². The van der Waals surface area contributed by atoms with Gasteiger partial charge in [-0.25, -0.2) is 13.1 Å². The maximum absolute atomic E-state index is 12.5. The molecule has 1 heterocycles. The van der Waals surface area contributed by atoms with Crippen molar-refractivity contribution >= 4 is 26.8 Å². The standard InChI is InChI=1S/C19H25N3O4S/c1-22(15-5-3-2-4-6-15)19(24)11-12-20-27(25,26)16-8-9-17-14(13-16)7-10-18(23)21-17/h7-10,13,15,20H,2-6,11-12H2,1H3,(H,21,23). The highest BCUT2D eigenvalue weighted by atomic mass is 32.2. The molecule has 1 aliphatic rings. The third-order valence-corrected chi connectivity index (χ3v) is 6.61. The Morgan fingerprint density at radius 1 is 1.19 bits per heavy atom. The normalized spacial score (nSPS) is 15.7. The number of rotatable bonds is 6. The number of pyridine rings is 1. The molecule has 1 fully saturated rings. The minimum atomic E-state index is -3.72. The summed E-state index contributed by atoms with van der Waals surface area (Å²) in [4.78, 5) is 28.2. The quantitative estimate of drug-likeness (QED) is 0.786. The average molecular weight is 391 g/mol. The first-order chi connectivity index (χ1) is 12.9. The van der Waals surface area contributed by atoms with E-state index in [1.807, 2.05) is 0 Å². The molecule has 7 nitrogen and oxygen atoms in total. The molecule has 0 unspecified atom stereocenters. The molecule has 1 amide bonds. The molecular formula is C19H25N3O4S. The van der Waals surface area contributed by atoms with E-state index in [-0.39, 0.29) is 35.4 Å². The largest absolute Gasteiger partial charge is 0.343 e. The number of sulfonamides is 1. The molecule has 0 atom stereocenters. The van der Waals surface area contributed by atoms with Crippen LogP contribution in [-0.4, -0.2) is 43.8 Å². The molecule has 27 heavy (non-hydrogen) atoms. The molecular weight excluding hydrogens is 366 g/mol. The van der Waals surface area contributed by atoms with Gasteiger partial charge in [-0.2, -0.15) is 0 Å². The van der Waals surface area contributed by atoms with Crippen LogP contribution >= 0.6 is 0 Å². The van der Waals surface area contributed by atoms with Crippen molar-refractivity contribution in [2.45, 2.75) is 49.5 Å². The van der Waals surface area contributed by atoms with Crippen LogP contribution in [0, 0.1) is 0 Å². The third-order valence-electron chi connectivity index (χ3n) is 5.15. The highest BCUT2D eigenvalue weighted by molar-refractivity contribution is 7.89. The second-order valence-corrected chi connectivity index (χ2v) is 8.78. The number of aromatic nitrogens is 1. The van der Waals surface area contributed by atoms with Crippen molar-refractivity contribution in [1.29, 1.82) is 0 Å². The van der Waals surface area contributed by atoms with Crippen LogP contribution in [0.15, 0.2) is 40.0 Å². The predicted molar refractivity (Wildman–Crippen MR) is 104 cm³/mol. The first kappa shape index (κ1) is 19.6. The Morgan fingerprint density at radius 3 is 2.67 bits per heavy atom. The summed E-state index contributed by atoms with van der Waals surface area (Å²) in [7, 11) is -1.92. The van der Waals surface area contributed by atoms with Gasteiger partial charge in [0.1, 0.15) is 0 Å². The summed E-state index contributed by atoms with van der Waals surface area (Å²) >= 11 is 0. The maximum Gasteiger partial charge on any atom is 0.248 e. The van der Waals surface area contributed by atoms with Crippen molar-refractivity contribution in [2.24, 2.45) is 0 Å². The summed E-state index contributed by atoms with van der Waals surface area (Å²) in [6, 6.07) is 7.71. The molecule has 146 valence electrons. The number of H-pyrrole nitrogens is 1. The predicted octanol–water partition coefficient (Wildman–Crippen LogP) is 1.99. The fourth-order valence-corrected chi connectivity index (χ4v) is 4.59. The van der Waals surface area contributed by atoms with Gasteiger partial charge in [-0.05, 0) is 42.5 Å². The lowest BCUT2D eigenvalue weighted by atomic mass is 9.94. The van der Waals surface area contributed by atoms with Crippen molar-refractivity contribution in [2.75, 3.05) is 13.6 Å². The second kappa shape index (κ2) is 8.22. The van der Waals surface area contributed by atoms with E-state index < -0.39 is 10.0 Å².